The number of carbonyl (C=O) groups is 3. The largest absolute Gasteiger partial charge is 0.493 e. The number of anilines is 1. The van der Waals surface area contributed by atoms with Gasteiger partial charge in [0.2, 0.25) is 5.91 Å². The fraction of sp³-hybridized carbons (Fsp3) is 0.286. The van der Waals surface area contributed by atoms with Crippen molar-refractivity contribution in [3.8, 4) is 11.5 Å². The molecule has 0 spiro atoms. The zero-order chi connectivity index (χ0) is 24.6. The first-order valence-corrected chi connectivity index (χ1v) is 9.82. The number of methoxy groups -OCH3 is 2. The average Bonchev–Trinajstić information content (AvgIpc) is 2.97. The number of carbonyl (C=O) groups excluding carboxylic acids is 3. The second-order valence-corrected chi connectivity index (χ2v) is 7.63. The summed E-state index contributed by atoms with van der Waals surface area (Å²) >= 11 is 5.84. The lowest BCUT2D eigenvalue weighted by atomic mass is 9.91. The second kappa shape index (κ2) is 8.81. The maximum absolute atomic E-state index is 13.3. The lowest BCUT2D eigenvalue weighted by Gasteiger charge is -2.23. The van der Waals surface area contributed by atoms with Crippen molar-refractivity contribution >= 4 is 35.1 Å². The number of halogens is 4. The number of hydrogen-bond donors (Lipinski definition) is 2. The van der Waals surface area contributed by atoms with E-state index in [2.05, 4.69) is 10.6 Å². The molecule has 4 amide bonds. The van der Waals surface area contributed by atoms with Crippen molar-refractivity contribution < 1.29 is 37.0 Å². The van der Waals surface area contributed by atoms with Gasteiger partial charge in [0.05, 0.1) is 30.5 Å². The maximum atomic E-state index is 13.3. The number of hydrogen-bond acceptors (Lipinski definition) is 5. The third-order valence-corrected chi connectivity index (χ3v) is 5.44. The van der Waals surface area contributed by atoms with Crippen molar-refractivity contribution in [2.75, 3.05) is 26.1 Å². The van der Waals surface area contributed by atoms with Gasteiger partial charge in [-0.1, -0.05) is 23.7 Å². The Balaban J connectivity index is 1.84. The van der Waals surface area contributed by atoms with Gasteiger partial charge in [-0.25, -0.2) is 4.79 Å². The summed E-state index contributed by atoms with van der Waals surface area (Å²) < 4.78 is 50.1. The molecule has 8 nitrogen and oxygen atoms in total. The molecule has 33 heavy (non-hydrogen) atoms. The first kappa shape index (κ1) is 24.2. The van der Waals surface area contributed by atoms with Crippen LogP contribution in [0.3, 0.4) is 0 Å². The normalized spacial score (nSPS) is 18.2. The van der Waals surface area contributed by atoms with Crippen molar-refractivity contribution in [2.45, 2.75) is 18.6 Å². The zero-order valence-electron chi connectivity index (χ0n) is 17.7. The Morgan fingerprint density at radius 2 is 1.82 bits per heavy atom. The summed E-state index contributed by atoms with van der Waals surface area (Å²) in [5.74, 6) is -1.09. The highest BCUT2D eigenvalue weighted by Gasteiger charge is 2.50. The van der Waals surface area contributed by atoms with Crippen LogP contribution in [0.25, 0.3) is 0 Å². The molecule has 2 aromatic rings. The Hall–Kier alpha value is -3.47. The van der Waals surface area contributed by atoms with Gasteiger partial charge in [-0.15, -0.1) is 0 Å². The third kappa shape index (κ3) is 4.54. The molecule has 1 saturated heterocycles. The number of urea groups is 1. The standard InChI is InChI=1S/C21H19ClF3N3O5/c1-20(11-7-8-14(32-2)15(9-11)33-3)18(30)28(19(31)27-20)10-16(29)26-17-12(21(23,24)25)5-4-6-13(17)22/h4-9H,10H2,1-3H3,(H,26,29)(H,27,31). The van der Waals surface area contributed by atoms with Crippen LogP contribution in [0.4, 0.5) is 23.7 Å². The molecular weight excluding hydrogens is 467 g/mol. The summed E-state index contributed by atoms with van der Waals surface area (Å²) in [4.78, 5) is 38.6. The van der Waals surface area contributed by atoms with Gasteiger partial charge in [0.25, 0.3) is 5.91 Å². The maximum Gasteiger partial charge on any atom is 0.418 e. The highest BCUT2D eigenvalue weighted by atomic mass is 35.5. The fourth-order valence-electron chi connectivity index (χ4n) is 3.39. The molecule has 0 aromatic heterocycles. The van der Waals surface area contributed by atoms with E-state index in [4.69, 9.17) is 21.1 Å². The molecule has 0 bridgehead atoms. The van der Waals surface area contributed by atoms with E-state index < -0.39 is 47.4 Å². The van der Waals surface area contributed by atoms with Crippen LogP contribution in [0.1, 0.15) is 18.1 Å². The molecule has 1 aliphatic heterocycles. The highest BCUT2D eigenvalue weighted by molar-refractivity contribution is 6.34. The summed E-state index contributed by atoms with van der Waals surface area (Å²) in [6.45, 7) is 0.609. The molecule has 1 atom stereocenters. The number of benzene rings is 2. The summed E-state index contributed by atoms with van der Waals surface area (Å²) in [5, 5.41) is 4.22. The third-order valence-electron chi connectivity index (χ3n) is 5.12. The van der Waals surface area contributed by atoms with Gasteiger partial charge in [0.15, 0.2) is 11.5 Å². The van der Waals surface area contributed by atoms with E-state index in [0.717, 1.165) is 12.1 Å². The quantitative estimate of drug-likeness (QED) is 0.607. The first-order valence-electron chi connectivity index (χ1n) is 9.44. The van der Waals surface area contributed by atoms with Crippen molar-refractivity contribution in [3.05, 3.63) is 52.5 Å². The number of ether oxygens (including phenoxy) is 2. The minimum Gasteiger partial charge on any atom is -0.493 e. The van der Waals surface area contributed by atoms with Crippen LogP contribution in [0.2, 0.25) is 5.02 Å². The van der Waals surface area contributed by atoms with Crippen LogP contribution in [0, 0.1) is 0 Å². The lowest BCUT2D eigenvalue weighted by molar-refractivity contribution is -0.137. The van der Waals surface area contributed by atoms with Crippen LogP contribution < -0.4 is 20.1 Å². The molecule has 0 aliphatic carbocycles. The Morgan fingerprint density at radius 1 is 1.15 bits per heavy atom. The average molecular weight is 486 g/mol. The van der Waals surface area contributed by atoms with E-state index in [0.29, 0.717) is 22.0 Å². The van der Waals surface area contributed by atoms with E-state index in [9.17, 15) is 27.6 Å². The number of nitrogens with zero attached hydrogens (tertiary/aromatic N) is 1. The minimum atomic E-state index is -4.78. The molecule has 0 radical (unpaired) electrons. The molecule has 1 heterocycles. The number of alkyl halides is 3. The second-order valence-electron chi connectivity index (χ2n) is 7.22. The van der Waals surface area contributed by atoms with E-state index in [1.807, 2.05) is 0 Å². The molecule has 1 unspecified atom stereocenters. The number of amides is 4. The van der Waals surface area contributed by atoms with Crippen LogP contribution in [0.5, 0.6) is 11.5 Å². The van der Waals surface area contributed by atoms with E-state index >= 15 is 0 Å². The van der Waals surface area contributed by atoms with Crippen molar-refractivity contribution in [1.82, 2.24) is 10.2 Å². The van der Waals surface area contributed by atoms with Gasteiger partial charge >= 0.3 is 12.2 Å². The van der Waals surface area contributed by atoms with Crippen LogP contribution >= 0.6 is 11.6 Å². The smallest absolute Gasteiger partial charge is 0.418 e. The van der Waals surface area contributed by atoms with Crippen LogP contribution in [-0.4, -0.2) is 43.5 Å². The molecule has 2 aromatic carbocycles. The number of rotatable bonds is 6. The minimum absolute atomic E-state index is 0.313. The fourth-order valence-corrected chi connectivity index (χ4v) is 3.62. The highest BCUT2D eigenvalue weighted by Crippen LogP contribution is 2.39. The molecular formula is C21H19ClF3N3O5. The summed E-state index contributed by atoms with van der Waals surface area (Å²) in [6, 6.07) is 6.72. The molecule has 1 aliphatic rings. The summed E-state index contributed by atoms with van der Waals surface area (Å²) in [5.41, 5.74) is -3.01. The predicted molar refractivity (Wildman–Crippen MR) is 112 cm³/mol. The van der Waals surface area contributed by atoms with Gasteiger partial charge in [-0.05, 0) is 36.8 Å². The number of imide groups is 1. The Labute approximate surface area is 191 Å². The lowest BCUT2D eigenvalue weighted by Crippen LogP contribution is -2.42. The van der Waals surface area contributed by atoms with E-state index in [-0.39, 0.29) is 5.02 Å². The topological polar surface area (TPSA) is 97.0 Å². The zero-order valence-corrected chi connectivity index (χ0v) is 18.4. The van der Waals surface area contributed by atoms with Gasteiger partial charge in [0, 0.05) is 0 Å². The van der Waals surface area contributed by atoms with Gasteiger partial charge in [-0.2, -0.15) is 13.2 Å². The summed E-state index contributed by atoms with van der Waals surface area (Å²) in [6.07, 6.45) is -4.78. The van der Waals surface area contributed by atoms with Crippen LogP contribution in [0.15, 0.2) is 36.4 Å². The Kier molecular flexibility index (Phi) is 6.46. The van der Waals surface area contributed by atoms with E-state index in [1.54, 1.807) is 12.1 Å². The van der Waals surface area contributed by atoms with Crippen molar-refractivity contribution in [2.24, 2.45) is 0 Å². The molecule has 3 rings (SSSR count). The molecule has 2 N–H and O–H groups in total. The van der Waals surface area contributed by atoms with E-state index in [1.165, 1.54) is 33.3 Å². The molecule has 12 heteroatoms. The van der Waals surface area contributed by atoms with Crippen molar-refractivity contribution in [1.29, 1.82) is 0 Å². The predicted octanol–water partition coefficient (Wildman–Crippen LogP) is 3.78. The Morgan fingerprint density at radius 3 is 2.42 bits per heavy atom. The SMILES string of the molecule is COc1ccc(C2(C)NC(=O)N(CC(=O)Nc3c(Cl)cccc3C(F)(F)F)C2=O)cc1OC. The van der Waals surface area contributed by atoms with Gasteiger partial charge in [-0.3, -0.25) is 14.5 Å². The monoisotopic (exact) mass is 485 g/mol. The Bertz CT molecular complexity index is 1120. The molecule has 176 valence electrons. The molecule has 1 fully saturated rings. The van der Waals surface area contributed by atoms with Gasteiger partial charge < -0.3 is 20.1 Å². The number of para-hydroxylation sites is 1. The number of nitrogens with one attached hydrogen (secondary N) is 2. The van der Waals surface area contributed by atoms with Gasteiger partial charge in [0.1, 0.15) is 12.1 Å². The summed E-state index contributed by atoms with van der Waals surface area (Å²) in [7, 11) is 2.84. The first-order chi connectivity index (χ1) is 15.4. The van der Waals surface area contributed by atoms with Crippen molar-refractivity contribution in [3.63, 3.8) is 0 Å². The molecule has 0 saturated carbocycles. The van der Waals surface area contributed by atoms with Crippen LogP contribution in [-0.2, 0) is 21.3 Å².